The molecule has 0 amide bonds. The molecule has 0 bridgehead atoms. The average Bonchev–Trinajstić information content (AvgIpc) is 3.11. The van der Waals surface area contributed by atoms with Crippen LogP contribution in [0.3, 0.4) is 0 Å². The molecule has 1 aliphatic rings. The minimum absolute atomic E-state index is 0.177. The van der Waals surface area contributed by atoms with Gasteiger partial charge in [-0.3, -0.25) is 4.98 Å². The van der Waals surface area contributed by atoms with Crippen LogP contribution < -0.4 is 19.5 Å². The second kappa shape index (κ2) is 13.7. The lowest BCUT2D eigenvalue weighted by atomic mass is 9.96. The molecule has 1 aromatic heterocycles. The van der Waals surface area contributed by atoms with E-state index in [0.29, 0.717) is 0 Å². The molecule has 0 spiro atoms. The maximum absolute atomic E-state index is 11.9. The molecule has 4 nitrogen and oxygen atoms in total. The molecule has 1 N–H and O–H groups in total. The van der Waals surface area contributed by atoms with E-state index in [1.54, 1.807) is 19.5 Å². The van der Waals surface area contributed by atoms with Crippen LogP contribution in [-0.4, -0.2) is 37.0 Å². The Morgan fingerprint density at radius 1 is 0.739 bits per heavy atom. The number of nitrogens with zero attached hydrogens (tertiary/aromatic N) is 1. The van der Waals surface area contributed by atoms with Crippen LogP contribution >= 0.6 is 23.5 Å². The standard InChI is InChI=1S/C39H41NO3S2Si/c1-38(2,3)46(35-15-7-5-8-16-35,36-17-9-6-10-18-36)43-34-27-31(26-33(28-34)42-4)30-13-11-14-32(25-30)39(44-23-12-24-45-39)37(41)29-19-21-40-22-20-29/h5-11,13-22,25-28,37,41H,12,23-24H2,1-4H3. The first kappa shape index (κ1) is 32.4. The topological polar surface area (TPSA) is 51.6 Å². The first-order chi connectivity index (χ1) is 22.3. The molecule has 4 aromatic carbocycles. The third kappa shape index (κ3) is 6.26. The van der Waals surface area contributed by atoms with Crippen LogP contribution in [0.25, 0.3) is 11.1 Å². The molecule has 0 saturated carbocycles. The third-order valence-corrected chi connectivity index (χ3v) is 17.1. The Balaban J connectivity index is 1.46. The van der Waals surface area contributed by atoms with Gasteiger partial charge in [0.25, 0.3) is 0 Å². The number of aliphatic hydroxyl groups is 1. The largest absolute Gasteiger partial charge is 0.534 e. The fourth-order valence-electron chi connectivity index (χ4n) is 6.45. The normalized spacial score (nSPS) is 15.6. The molecule has 46 heavy (non-hydrogen) atoms. The van der Waals surface area contributed by atoms with Crippen molar-refractivity contribution in [2.45, 2.75) is 42.4 Å². The van der Waals surface area contributed by atoms with Gasteiger partial charge in [0.15, 0.2) is 0 Å². The van der Waals surface area contributed by atoms with Crippen molar-refractivity contribution in [2.75, 3.05) is 18.6 Å². The van der Waals surface area contributed by atoms with E-state index in [9.17, 15) is 5.11 Å². The lowest BCUT2D eigenvalue weighted by molar-refractivity contribution is 0.163. The van der Waals surface area contributed by atoms with Crippen molar-refractivity contribution >= 4 is 42.2 Å². The van der Waals surface area contributed by atoms with Crippen LogP contribution in [0.5, 0.6) is 11.5 Å². The monoisotopic (exact) mass is 663 g/mol. The van der Waals surface area contributed by atoms with Gasteiger partial charge in [0.1, 0.15) is 21.7 Å². The predicted octanol–water partition coefficient (Wildman–Crippen LogP) is 8.45. The Bertz CT molecular complexity index is 1700. The van der Waals surface area contributed by atoms with Gasteiger partial charge in [-0.25, -0.2) is 0 Å². The van der Waals surface area contributed by atoms with Gasteiger partial charge in [-0.15, -0.1) is 23.5 Å². The van der Waals surface area contributed by atoms with Crippen LogP contribution in [-0.2, 0) is 4.08 Å². The van der Waals surface area contributed by atoms with Crippen LogP contribution in [0.15, 0.2) is 128 Å². The fraction of sp³-hybridized carbons (Fsp3) is 0.256. The zero-order valence-corrected chi connectivity index (χ0v) is 29.5. The van der Waals surface area contributed by atoms with Crippen LogP contribution in [0.4, 0.5) is 0 Å². The molecule has 1 fully saturated rings. The number of rotatable bonds is 9. The summed E-state index contributed by atoms with van der Waals surface area (Å²) in [4.78, 5) is 4.18. The molecule has 0 radical (unpaired) electrons. The molecule has 0 aliphatic carbocycles. The summed E-state index contributed by atoms with van der Waals surface area (Å²) in [5.74, 6) is 3.51. The van der Waals surface area contributed by atoms with E-state index in [1.807, 2.05) is 41.7 Å². The quantitative estimate of drug-likeness (QED) is 0.160. The van der Waals surface area contributed by atoms with E-state index in [1.165, 1.54) is 10.4 Å². The summed E-state index contributed by atoms with van der Waals surface area (Å²) in [5, 5.41) is 14.1. The predicted molar refractivity (Wildman–Crippen MR) is 197 cm³/mol. The van der Waals surface area contributed by atoms with Gasteiger partial charge < -0.3 is 14.3 Å². The fourth-order valence-corrected chi connectivity index (χ4v) is 14.2. The Labute approximate surface area is 282 Å². The average molecular weight is 664 g/mol. The number of benzene rings is 4. The van der Waals surface area contributed by atoms with Gasteiger partial charge in [-0.05, 0) is 85.9 Å². The molecule has 5 aromatic rings. The number of hydrogen-bond acceptors (Lipinski definition) is 6. The second-order valence-electron chi connectivity index (χ2n) is 12.6. The van der Waals surface area contributed by atoms with Crippen molar-refractivity contribution in [3.63, 3.8) is 0 Å². The van der Waals surface area contributed by atoms with Gasteiger partial charge in [-0.2, -0.15) is 0 Å². The molecular formula is C39H41NO3S2Si. The Morgan fingerprint density at radius 3 is 1.93 bits per heavy atom. The smallest absolute Gasteiger partial charge is 0.319 e. The van der Waals surface area contributed by atoms with E-state index in [-0.39, 0.29) is 5.04 Å². The second-order valence-corrected chi connectivity index (χ2v) is 19.8. The van der Waals surface area contributed by atoms with Crippen molar-refractivity contribution in [1.29, 1.82) is 0 Å². The molecule has 1 saturated heterocycles. The Morgan fingerprint density at radius 2 is 1.35 bits per heavy atom. The van der Waals surface area contributed by atoms with Crippen molar-refractivity contribution < 1.29 is 14.3 Å². The Hall–Kier alpha value is -3.49. The summed E-state index contributed by atoms with van der Waals surface area (Å²) in [6, 6.07) is 40.1. The van der Waals surface area contributed by atoms with Gasteiger partial charge in [-0.1, -0.05) is 99.6 Å². The highest BCUT2D eigenvalue weighted by atomic mass is 32.2. The summed E-state index contributed by atoms with van der Waals surface area (Å²) in [7, 11) is -1.15. The van der Waals surface area contributed by atoms with E-state index in [0.717, 1.165) is 51.7 Å². The lowest BCUT2D eigenvalue weighted by Gasteiger charge is -2.43. The van der Waals surface area contributed by atoms with E-state index < -0.39 is 18.5 Å². The number of ether oxygens (including phenoxy) is 1. The molecular weight excluding hydrogens is 623 g/mol. The lowest BCUT2D eigenvalue weighted by Crippen LogP contribution is -2.68. The summed E-state index contributed by atoms with van der Waals surface area (Å²) < 4.78 is 12.8. The van der Waals surface area contributed by atoms with Gasteiger partial charge >= 0.3 is 8.32 Å². The summed E-state index contributed by atoms with van der Waals surface area (Å²) in [6.07, 6.45) is 3.95. The van der Waals surface area contributed by atoms with E-state index in [4.69, 9.17) is 9.16 Å². The van der Waals surface area contributed by atoms with E-state index in [2.05, 4.69) is 123 Å². The first-order valence-electron chi connectivity index (χ1n) is 15.7. The zero-order valence-electron chi connectivity index (χ0n) is 26.9. The summed E-state index contributed by atoms with van der Waals surface area (Å²) in [5.41, 5.74) is 4.04. The SMILES string of the molecule is COc1cc(O[Si](c2ccccc2)(c2ccccc2)C(C)(C)C)cc(-c2cccc(C3(C(O)c4ccncc4)SCCCS3)c2)c1. The van der Waals surface area contributed by atoms with Gasteiger partial charge in [0.2, 0.25) is 0 Å². The summed E-state index contributed by atoms with van der Waals surface area (Å²) >= 11 is 3.67. The minimum Gasteiger partial charge on any atom is -0.534 e. The highest BCUT2D eigenvalue weighted by Crippen LogP contribution is 2.57. The van der Waals surface area contributed by atoms with Crippen LogP contribution in [0.2, 0.25) is 5.04 Å². The zero-order chi connectivity index (χ0) is 32.2. The highest BCUT2D eigenvalue weighted by Gasteiger charge is 2.52. The molecule has 236 valence electrons. The Kier molecular flexibility index (Phi) is 9.66. The third-order valence-electron chi connectivity index (χ3n) is 8.71. The van der Waals surface area contributed by atoms with Crippen molar-refractivity contribution in [3.8, 4) is 22.6 Å². The van der Waals surface area contributed by atoms with E-state index >= 15 is 0 Å². The molecule has 6 rings (SSSR count). The number of thioether (sulfide) groups is 2. The highest BCUT2D eigenvalue weighted by molar-refractivity contribution is 8.18. The molecule has 7 heteroatoms. The maximum atomic E-state index is 11.9. The van der Waals surface area contributed by atoms with Crippen molar-refractivity contribution in [1.82, 2.24) is 4.98 Å². The van der Waals surface area contributed by atoms with Crippen LogP contribution in [0, 0.1) is 0 Å². The van der Waals surface area contributed by atoms with Crippen molar-refractivity contribution in [2.24, 2.45) is 0 Å². The molecule has 1 aliphatic heterocycles. The molecule has 1 atom stereocenters. The minimum atomic E-state index is -2.85. The molecule has 2 heterocycles. The van der Waals surface area contributed by atoms with Gasteiger partial charge in [0, 0.05) is 18.5 Å². The number of pyridine rings is 1. The first-order valence-corrected chi connectivity index (χ1v) is 19.6. The number of methoxy groups -OCH3 is 1. The number of aromatic nitrogens is 1. The summed E-state index contributed by atoms with van der Waals surface area (Å²) in [6.45, 7) is 6.87. The van der Waals surface area contributed by atoms with Crippen molar-refractivity contribution in [3.05, 3.63) is 139 Å². The maximum Gasteiger partial charge on any atom is 0.319 e. The number of hydrogen-bond donors (Lipinski definition) is 1. The number of aliphatic hydroxyl groups excluding tert-OH is 1. The van der Waals surface area contributed by atoms with Gasteiger partial charge in [0.05, 0.1) is 7.11 Å². The van der Waals surface area contributed by atoms with Crippen LogP contribution in [0.1, 0.15) is 44.4 Å². The molecule has 1 unspecified atom stereocenters.